The van der Waals surface area contributed by atoms with Crippen molar-refractivity contribution < 1.29 is 27.4 Å². The number of amides is 1. The number of hydrogen-bond acceptors (Lipinski definition) is 4. The number of hydrogen-bond donors (Lipinski definition) is 3. The monoisotopic (exact) mass is 558 g/mol. The van der Waals surface area contributed by atoms with Gasteiger partial charge in [-0.15, -0.1) is 24.0 Å². The number of aliphatic imine (C=N–C) groups is 1. The van der Waals surface area contributed by atoms with Gasteiger partial charge in [0.05, 0.1) is 19.2 Å². The molecule has 176 valence electrons. The van der Waals surface area contributed by atoms with Gasteiger partial charge in [0.1, 0.15) is 5.75 Å². The molecule has 1 aliphatic rings. The van der Waals surface area contributed by atoms with Gasteiger partial charge in [-0.05, 0) is 50.3 Å². The molecule has 1 unspecified atom stereocenters. The normalized spacial score (nSPS) is 14.8. The van der Waals surface area contributed by atoms with Crippen molar-refractivity contribution in [3.8, 4) is 5.75 Å². The molecule has 0 radical (unpaired) electrons. The minimum Gasteiger partial charge on any atom is -0.484 e. The highest BCUT2D eigenvalue weighted by molar-refractivity contribution is 14.0. The topological polar surface area (TPSA) is 84.0 Å². The van der Waals surface area contributed by atoms with Gasteiger partial charge >= 0.3 is 12.3 Å². The molecule has 1 aromatic carbocycles. The Kier molecular flexibility index (Phi) is 11.8. The zero-order chi connectivity index (χ0) is 22.0. The van der Waals surface area contributed by atoms with E-state index in [4.69, 9.17) is 9.47 Å². The first-order valence-corrected chi connectivity index (χ1v) is 10.0. The first-order valence-electron chi connectivity index (χ1n) is 10.0. The lowest BCUT2D eigenvalue weighted by Gasteiger charge is -2.20. The number of alkyl carbamates (subject to hydrolysis) is 1. The lowest BCUT2D eigenvalue weighted by Crippen LogP contribution is -2.48. The number of carbonyl (C=O) groups is 1. The zero-order valence-corrected chi connectivity index (χ0v) is 20.0. The van der Waals surface area contributed by atoms with Crippen LogP contribution < -0.4 is 20.7 Å². The number of alkyl halides is 3. The maximum absolute atomic E-state index is 12.2. The predicted octanol–water partition coefficient (Wildman–Crippen LogP) is 3.83. The Labute approximate surface area is 197 Å². The van der Waals surface area contributed by atoms with E-state index >= 15 is 0 Å². The van der Waals surface area contributed by atoms with Gasteiger partial charge in [0.25, 0.3) is 0 Å². The van der Waals surface area contributed by atoms with E-state index in [9.17, 15) is 18.0 Å². The highest BCUT2D eigenvalue weighted by Crippen LogP contribution is 2.32. The van der Waals surface area contributed by atoms with Gasteiger partial charge in [0.2, 0.25) is 0 Å². The van der Waals surface area contributed by atoms with Crippen LogP contribution in [0.3, 0.4) is 0 Å². The van der Waals surface area contributed by atoms with Crippen molar-refractivity contribution in [3.05, 3.63) is 29.8 Å². The molecule has 31 heavy (non-hydrogen) atoms. The summed E-state index contributed by atoms with van der Waals surface area (Å²) < 4.78 is 46.3. The average molecular weight is 558 g/mol. The van der Waals surface area contributed by atoms with E-state index in [2.05, 4.69) is 20.9 Å². The molecule has 1 atom stereocenters. The predicted molar refractivity (Wildman–Crippen MR) is 123 cm³/mol. The van der Waals surface area contributed by atoms with Crippen LogP contribution in [0.4, 0.5) is 18.0 Å². The van der Waals surface area contributed by atoms with Crippen LogP contribution in [0.15, 0.2) is 29.3 Å². The van der Waals surface area contributed by atoms with Crippen molar-refractivity contribution in [3.63, 3.8) is 0 Å². The third-order valence-corrected chi connectivity index (χ3v) is 4.35. The Balaban J connectivity index is 0.00000480. The molecule has 1 fully saturated rings. The fourth-order valence-electron chi connectivity index (χ4n) is 2.73. The summed E-state index contributed by atoms with van der Waals surface area (Å²) in [6.07, 6.45) is -2.66. The summed E-state index contributed by atoms with van der Waals surface area (Å²) in [5.41, 5.74) is 0.829. The van der Waals surface area contributed by atoms with E-state index in [1.807, 2.05) is 6.92 Å². The van der Waals surface area contributed by atoms with Gasteiger partial charge in [-0.25, -0.2) is 9.79 Å². The molecular formula is C20H30F3IN4O3. The van der Waals surface area contributed by atoms with E-state index in [0.717, 1.165) is 18.4 Å². The third kappa shape index (κ3) is 11.3. The van der Waals surface area contributed by atoms with Crippen LogP contribution in [0.5, 0.6) is 5.75 Å². The second-order valence-corrected chi connectivity index (χ2v) is 6.93. The number of ether oxygens (including phenoxy) is 2. The summed E-state index contributed by atoms with van der Waals surface area (Å²) in [7, 11) is 0. The Hall–Kier alpha value is -1.92. The summed E-state index contributed by atoms with van der Waals surface area (Å²) in [6, 6.07) is 6.28. The Morgan fingerprint density at radius 3 is 2.42 bits per heavy atom. The van der Waals surface area contributed by atoms with Crippen LogP contribution in [0.1, 0.15) is 32.3 Å². The number of halogens is 4. The maximum Gasteiger partial charge on any atom is 0.422 e. The van der Waals surface area contributed by atoms with E-state index in [1.165, 1.54) is 12.1 Å². The summed E-state index contributed by atoms with van der Waals surface area (Å²) >= 11 is 0. The Morgan fingerprint density at radius 1 is 1.19 bits per heavy atom. The Bertz CT molecular complexity index is 698. The molecule has 0 heterocycles. The quantitative estimate of drug-likeness (QED) is 0.231. The molecule has 1 aromatic rings. The van der Waals surface area contributed by atoms with Gasteiger partial charge in [0.15, 0.2) is 12.6 Å². The molecule has 0 aliphatic heterocycles. The van der Waals surface area contributed by atoms with Gasteiger partial charge in [-0.3, -0.25) is 0 Å². The summed E-state index contributed by atoms with van der Waals surface area (Å²) in [4.78, 5) is 16.2. The molecule has 0 spiro atoms. The van der Waals surface area contributed by atoms with Crippen LogP contribution in [-0.2, 0) is 11.3 Å². The molecule has 0 saturated heterocycles. The molecular weight excluding hydrogens is 528 g/mol. The molecule has 1 saturated carbocycles. The van der Waals surface area contributed by atoms with Crippen molar-refractivity contribution in [1.29, 1.82) is 0 Å². The number of guanidine groups is 1. The minimum absolute atomic E-state index is 0. The van der Waals surface area contributed by atoms with Gasteiger partial charge < -0.3 is 25.4 Å². The number of nitrogens with zero attached hydrogens (tertiary/aromatic N) is 1. The van der Waals surface area contributed by atoms with Crippen LogP contribution in [0.2, 0.25) is 0 Å². The average Bonchev–Trinajstić information content (AvgIpc) is 3.53. The molecule has 0 bridgehead atoms. The summed E-state index contributed by atoms with van der Waals surface area (Å²) in [5.74, 6) is 1.17. The van der Waals surface area contributed by atoms with E-state index in [1.54, 1.807) is 19.1 Å². The first kappa shape index (κ1) is 27.1. The summed E-state index contributed by atoms with van der Waals surface area (Å²) in [6.45, 7) is 4.22. The fourth-order valence-corrected chi connectivity index (χ4v) is 2.73. The minimum atomic E-state index is -4.37. The highest BCUT2D eigenvalue weighted by Gasteiger charge is 2.32. The molecule has 7 nitrogen and oxygen atoms in total. The molecule has 3 N–H and O–H groups in total. The van der Waals surface area contributed by atoms with Gasteiger partial charge in [0, 0.05) is 13.1 Å². The van der Waals surface area contributed by atoms with Crippen molar-refractivity contribution in [2.45, 2.75) is 45.5 Å². The number of nitrogens with one attached hydrogen (secondary N) is 3. The molecule has 0 aromatic heterocycles. The molecule has 1 aliphatic carbocycles. The van der Waals surface area contributed by atoms with E-state index in [-0.39, 0.29) is 35.8 Å². The number of carbonyl (C=O) groups excluding carboxylic acids is 1. The lowest BCUT2D eigenvalue weighted by molar-refractivity contribution is -0.153. The lowest BCUT2D eigenvalue weighted by atomic mass is 10.2. The second-order valence-electron chi connectivity index (χ2n) is 6.93. The fraction of sp³-hybridized carbons (Fsp3) is 0.600. The van der Waals surface area contributed by atoms with E-state index < -0.39 is 18.9 Å². The van der Waals surface area contributed by atoms with E-state index in [0.29, 0.717) is 38.1 Å². The van der Waals surface area contributed by atoms with Gasteiger partial charge in [-0.1, -0.05) is 12.1 Å². The van der Waals surface area contributed by atoms with Crippen LogP contribution in [0, 0.1) is 5.92 Å². The Morgan fingerprint density at radius 2 is 1.87 bits per heavy atom. The number of rotatable bonds is 10. The maximum atomic E-state index is 12.2. The largest absolute Gasteiger partial charge is 0.484 e. The number of benzene rings is 1. The van der Waals surface area contributed by atoms with Gasteiger partial charge in [-0.2, -0.15) is 13.2 Å². The SMILES string of the molecule is CCNC(=NCc1ccc(OCC(F)(F)F)cc1)NCC(NC(=O)OCC)C1CC1.I. The molecule has 2 rings (SSSR count). The van der Waals surface area contributed by atoms with Crippen LogP contribution >= 0.6 is 24.0 Å². The first-order chi connectivity index (χ1) is 14.3. The van der Waals surface area contributed by atoms with Crippen molar-refractivity contribution in [1.82, 2.24) is 16.0 Å². The third-order valence-electron chi connectivity index (χ3n) is 4.35. The van der Waals surface area contributed by atoms with Crippen molar-refractivity contribution in [2.75, 3.05) is 26.3 Å². The standard InChI is InChI=1S/C20H29F3N4O3.HI/c1-3-24-18(26-12-17(15-7-8-15)27-19(28)29-4-2)25-11-14-5-9-16(10-6-14)30-13-20(21,22)23;/h5-6,9-10,15,17H,3-4,7-8,11-13H2,1-2H3,(H,27,28)(H2,24,25,26);1H. The van der Waals surface area contributed by atoms with Crippen molar-refractivity contribution >= 4 is 36.0 Å². The summed E-state index contributed by atoms with van der Waals surface area (Å²) in [5, 5.41) is 9.25. The van der Waals surface area contributed by atoms with Crippen LogP contribution in [-0.4, -0.2) is 50.6 Å². The molecule has 11 heteroatoms. The smallest absolute Gasteiger partial charge is 0.422 e. The second kappa shape index (κ2) is 13.5. The highest BCUT2D eigenvalue weighted by atomic mass is 127. The zero-order valence-electron chi connectivity index (χ0n) is 17.6. The van der Waals surface area contributed by atoms with Crippen LogP contribution in [0.25, 0.3) is 0 Å². The van der Waals surface area contributed by atoms with Crippen molar-refractivity contribution in [2.24, 2.45) is 10.9 Å². The molecule has 1 amide bonds.